The summed E-state index contributed by atoms with van der Waals surface area (Å²) in [5, 5.41) is 8.73. The van der Waals surface area contributed by atoms with Crippen LogP contribution in [0.1, 0.15) is 6.92 Å². The van der Waals surface area contributed by atoms with Crippen molar-refractivity contribution in [2.75, 3.05) is 11.4 Å². The van der Waals surface area contributed by atoms with E-state index in [-0.39, 0.29) is 0 Å². The van der Waals surface area contributed by atoms with Crippen LogP contribution >= 0.6 is 0 Å². The highest BCUT2D eigenvalue weighted by Crippen LogP contribution is 2.10. The zero-order valence-corrected chi connectivity index (χ0v) is 6.77. The van der Waals surface area contributed by atoms with Crippen LogP contribution in [0.3, 0.4) is 0 Å². The summed E-state index contributed by atoms with van der Waals surface area (Å²) < 4.78 is 0. The van der Waals surface area contributed by atoms with E-state index < -0.39 is 6.09 Å². The van der Waals surface area contributed by atoms with Crippen LogP contribution in [-0.2, 0) is 0 Å². The molecule has 1 amide bonds. The minimum absolute atomic E-state index is 0.444. The predicted molar refractivity (Wildman–Crippen MR) is 45.3 cm³/mol. The van der Waals surface area contributed by atoms with E-state index in [1.807, 2.05) is 0 Å². The third kappa shape index (κ3) is 1.72. The lowest BCUT2D eigenvalue weighted by atomic mass is 10.4. The Labute approximate surface area is 70.5 Å². The maximum atomic E-state index is 10.6. The number of aromatic nitrogens is 1. The molecule has 0 fully saturated rings. The van der Waals surface area contributed by atoms with Gasteiger partial charge in [0, 0.05) is 18.9 Å². The molecule has 0 aliphatic carbocycles. The molecule has 0 spiro atoms. The van der Waals surface area contributed by atoms with E-state index in [2.05, 4.69) is 4.98 Å². The van der Waals surface area contributed by atoms with Gasteiger partial charge in [0.15, 0.2) is 0 Å². The van der Waals surface area contributed by atoms with Gasteiger partial charge in [-0.2, -0.15) is 0 Å². The van der Waals surface area contributed by atoms with Gasteiger partial charge in [-0.3, -0.25) is 9.88 Å². The number of hydrogen-bond acceptors (Lipinski definition) is 2. The first-order chi connectivity index (χ1) is 5.75. The highest BCUT2D eigenvalue weighted by molar-refractivity contribution is 5.85. The van der Waals surface area contributed by atoms with Crippen molar-refractivity contribution in [1.82, 2.24) is 4.98 Å². The van der Waals surface area contributed by atoms with Crippen molar-refractivity contribution in [3.8, 4) is 0 Å². The van der Waals surface area contributed by atoms with Crippen LogP contribution in [0.15, 0.2) is 24.5 Å². The van der Waals surface area contributed by atoms with Crippen LogP contribution < -0.4 is 4.90 Å². The van der Waals surface area contributed by atoms with Crippen molar-refractivity contribution >= 4 is 11.8 Å². The third-order valence-electron chi connectivity index (χ3n) is 1.52. The van der Waals surface area contributed by atoms with Gasteiger partial charge >= 0.3 is 6.09 Å². The van der Waals surface area contributed by atoms with E-state index in [1.54, 1.807) is 31.5 Å². The van der Waals surface area contributed by atoms with Crippen molar-refractivity contribution in [3.05, 3.63) is 24.5 Å². The molecule has 4 nitrogen and oxygen atoms in total. The third-order valence-corrected chi connectivity index (χ3v) is 1.52. The van der Waals surface area contributed by atoms with Gasteiger partial charge in [0.05, 0.1) is 5.69 Å². The number of carboxylic acid groups (broad SMARTS) is 1. The Bertz CT molecular complexity index is 261. The van der Waals surface area contributed by atoms with Gasteiger partial charge in [-0.15, -0.1) is 0 Å². The van der Waals surface area contributed by atoms with Crippen molar-refractivity contribution in [2.24, 2.45) is 0 Å². The van der Waals surface area contributed by atoms with Gasteiger partial charge in [-0.1, -0.05) is 0 Å². The van der Waals surface area contributed by atoms with Gasteiger partial charge in [0.1, 0.15) is 0 Å². The van der Waals surface area contributed by atoms with Crippen molar-refractivity contribution < 1.29 is 9.90 Å². The van der Waals surface area contributed by atoms with Gasteiger partial charge < -0.3 is 5.11 Å². The van der Waals surface area contributed by atoms with E-state index in [1.165, 1.54) is 4.90 Å². The Morgan fingerprint density at radius 3 is 2.58 bits per heavy atom. The average molecular weight is 166 g/mol. The molecule has 0 aromatic carbocycles. The maximum absolute atomic E-state index is 10.6. The zero-order valence-electron chi connectivity index (χ0n) is 6.77. The zero-order chi connectivity index (χ0) is 8.97. The highest BCUT2D eigenvalue weighted by Gasteiger charge is 2.10. The number of rotatable bonds is 2. The maximum Gasteiger partial charge on any atom is 0.411 e. The first-order valence-electron chi connectivity index (χ1n) is 3.66. The Morgan fingerprint density at radius 2 is 2.17 bits per heavy atom. The molecule has 0 atom stereocenters. The number of carbonyl (C=O) groups is 1. The second-order valence-electron chi connectivity index (χ2n) is 2.23. The Morgan fingerprint density at radius 1 is 1.58 bits per heavy atom. The molecule has 0 unspecified atom stereocenters. The van der Waals surface area contributed by atoms with Gasteiger partial charge in [0.25, 0.3) is 0 Å². The number of hydrogen-bond donors (Lipinski definition) is 1. The molecular weight excluding hydrogens is 156 g/mol. The minimum atomic E-state index is -0.941. The first kappa shape index (κ1) is 8.52. The van der Waals surface area contributed by atoms with Gasteiger partial charge in [-0.25, -0.2) is 4.79 Å². The molecule has 1 aromatic heterocycles. The highest BCUT2D eigenvalue weighted by atomic mass is 16.4. The second-order valence-corrected chi connectivity index (χ2v) is 2.23. The second kappa shape index (κ2) is 3.71. The molecule has 1 aromatic rings. The topological polar surface area (TPSA) is 53.4 Å². The normalized spacial score (nSPS) is 9.42. The molecule has 1 heterocycles. The van der Waals surface area contributed by atoms with Crippen LogP contribution in [0, 0.1) is 0 Å². The SMILES string of the molecule is CCN(C(=O)O)c1ccncc1. The number of anilines is 1. The summed E-state index contributed by atoms with van der Waals surface area (Å²) in [5.74, 6) is 0. The van der Waals surface area contributed by atoms with Crippen LogP contribution in [0.25, 0.3) is 0 Å². The summed E-state index contributed by atoms with van der Waals surface area (Å²) in [7, 11) is 0. The minimum Gasteiger partial charge on any atom is -0.465 e. The van der Waals surface area contributed by atoms with Crippen LogP contribution in [0.5, 0.6) is 0 Å². The molecular formula is C8H10N2O2. The van der Waals surface area contributed by atoms with Gasteiger partial charge in [0.2, 0.25) is 0 Å². The number of pyridine rings is 1. The van der Waals surface area contributed by atoms with Crippen LogP contribution in [-0.4, -0.2) is 22.7 Å². The smallest absolute Gasteiger partial charge is 0.411 e. The molecule has 0 saturated heterocycles. The molecule has 1 N–H and O–H groups in total. The van der Waals surface area contributed by atoms with E-state index in [0.717, 1.165) is 0 Å². The fourth-order valence-corrected chi connectivity index (χ4v) is 0.952. The molecule has 4 heteroatoms. The van der Waals surface area contributed by atoms with Gasteiger partial charge in [-0.05, 0) is 19.1 Å². The van der Waals surface area contributed by atoms with Crippen molar-refractivity contribution in [1.29, 1.82) is 0 Å². The summed E-state index contributed by atoms with van der Waals surface area (Å²) in [6.07, 6.45) is 2.20. The van der Waals surface area contributed by atoms with E-state index in [9.17, 15) is 4.79 Å². The molecule has 1 rings (SSSR count). The largest absolute Gasteiger partial charge is 0.465 e. The van der Waals surface area contributed by atoms with Crippen molar-refractivity contribution in [3.63, 3.8) is 0 Å². The lowest BCUT2D eigenvalue weighted by Crippen LogP contribution is -2.28. The lowest BCUT2D eigenvalue weighted by molar-refractivity contribution is 0.202. The average Bonchev–Trinajstić information content (AvgIpc) is 2.07. The Kier molecular flexibility index (Phi) is 2.63. The number of amides is 1. The molecule has 0 aliphatic rings. The summed E-state index contributed by atoms with van der Waals surface area (Å²) >= 11 is 0. The summed E-state index contributed by atoms with van der Waals surface area (Å²) in [6.45, 7) is 2.23. The van der Waals surface area contributed by atoms with E-state index in [4.69, 9.17) is 5.11 Å². The quantitative estimate of drug-likeness (QED) is 0.725. The van der Waals surface area contributed by atoms with E-state index >= 15 is 0 Å². The molecule has 0 saturated carbocycles. The monoisotopic (exact) mass is 166 g/mol. The number of nitrogens with zero attached hydrogens (tertiary/aromatic N) is 2. The Hall–Kier alpha value is -1.58. The van der Waals surface area contributed by atoms with Crippen molar-refractivity contribution in [2.45, 2.75) is 6.92 Å². The fraction of sp³-hybridized carbons (Fsp3) is 0.250. The first-order valence-corrected chi connectivity index (χ1v) is 3.66. The standard InChI is InChI=1S/C8H10N2O2/c1-2-10(8(11)12)7-3-5-9-6-4-7/h3-6H,2H2,1H3,(H,11,12). The summed E-state index contributed by atoms with van der Waals surface area (Å²) in [4.78, 5) is 15.7. The Balaban J connectivity index is 2.88. The predicted octanol–water partition coefficient (Wildman–Crippen LogP) is 1.59. The fourth-order valence-electron chi connectivity index (χ4n) is 0.952. The molecule has 64 valence electrons. The lowest BCUT2D eigenvalue weighted by Gasteiger charge is -2.15. The summed E-state index contributed by atoms with van der Waals surface area (Å²) in [5.41, 5.74) is 0.653. The van der Waals surface area contributed by atoms with E-state index in [0.29, 0.717) is 12.2 Å². The molecule has 12 heavy (non-hydrogen) atoms. The molecule has 0 bridgehead atoms. The van der Waals surface area contributed by atoms with Crippen LogP contribution in [0.4, 0.5) is 10.5 Å². The van der Waals surface area contributed by atoms with Crippen LogP contribution in [0.2, 0.25) is 0 Å². The molecule has 0 aliphatic heterocycles. The molecule has 0 radical (unpaired) electrons. The summed E-state index contributed by atoms with van der Waals surface area (Å²) in [6, 6.07) is 3.33.